The van der Waals surface area contributed by atoms with E-state index in [1.807, 2.05) is 0 Å². The number of aliphatic hydroxyl groups excluding tert-OH is 4. The van der Waals surface area contributed by atoms with E-state index in [4.69, 9.17) is 14.2 Å². The van der Waals surface area contributed by atoms with Crippen molar-refractivity contribution in [2.45, 2.75) is 30.5 Å². The fourth-order valence-electron chi connectivity index (χ4n) is 3.30. The molecular formula is C21H25NO8. The zero-order chi connectivity index (χ0) is 21.8. The summed E-state index contributed by atoms with van der Waals surface area (Å²) < 4.78 is 16.8. The highest BCUT2D eigenvalue weighted by Gasteiger charge is 2.44. The number of ether oxygens (including phenoxy) is 3. The molecular weight excluding hydrogens is 394 g/mol. The van der Waals surface area contributed by atoms with Crippen molar-refractivity contribution in [1.29, 1.82) is 0 Å². The van der Waals surface area contributed by atoms with Crippen LogP contribution in [0.4, 0.5) is 0 Å². The van der Waals surface area contributed by atoms with Crippen molar-refractivity contribution >= 4 is 5.91 Å². The molecule has 9 heteroatoms. The van der Waals surface area contributed by atoms with E-state index < -0.39 is 37.1 Å². The van der Waals surface area contributed by atoms with Crippen LogP contribution in [0, 0.1) is 0 Å². The highest BCUT2D eigenvalue weighted by Crippen LogP contribution is 2.38. The maximum absolute atomic E-state index is 11.9. The molecule has 5 N–H and O–H groups in total. The van der Waals surface area contributed by atoms with E-state index in [1.54, 1.807) is 42.5 Å². The van der Waals surface area contributed by atoms with Gasteiger partial charge in [-0.25, -0.2) is 0 Å². The summed E-state index contributed by atoms with van der Waals surface area (Å²) in [6.45, 7) is -0.521. The van der Waals surface area contributed by atoms with Gasteiger partial charge in [0, 0.05) is 12.6 Å². The molecule has 9 nitrogen and oxygen atoms in total. The standard InChI is InChI=1S/C21H25NO8/c1-22-21(27)12-4-3-5-13(8-12)29-15-9-11(6-7-14(15)28-2)20-19(26)18(25)17(24)16(10-23)30-20/h3-9,16-20,23-26H,10H2,1-2H3,(H,22,27)/t16?,17-,18?,19?,20-/m1/s1. The van der Waals surface area contributed by atoms with E-state index in [1.165, 1.54) is 14.2 Å². The first-order valence-corrected chi connectivity index (χ1v) is 9.38. The molecule has 1 fully saturated rings. The molecule has 1 aliphatic heterocycles. The predicted molar refractivity (Wildman–Crippen MR) is 106 cm³/mol. The van der Waals surface area contributed by atoms with Crippen LogP contribution in [0.2, 0.25) is 0 Å². The molecule has 0 aromatic heterocycles. The van der Waals surface area contributed by atoms with Gasteiger partial charge in [-0.3, -0.25) is 4.79 Å². The van der Waals surface area contributed by atoms with Crippen LogP contribution in [0.5, 0.6) is 17.2 Å². The van der Waals surface area contributed by atoms with Crippen LogP contribution in [0.3, 0.4) is 0 Å². The number of amides is 1. The summed E-state index contributed by atoms with van der Waals surface area (Å²) in [5.41, 5.74) is 0.865. The third-order valence-electron chi connectivity index (χ3n) is 4.96. The molecule has 2 aromatic rings. The van der Waals surface area contributed by atoms with Gasteiger partial charge in [-0.1, -0.05) is 12.1 Å². The monoisotopic (exact) mass is 419 g/mol. The van der Waals surface area contributed by atoms with Gasteiger partial charge in [-0.15, -0.1) is 0 Å². The van der Waals surface area contributed by atoms with Gasteiger partial charge in [0.2, 0.25) is 0 Å². The average Bonchev–Trinajstić information content (AvgIpc) is 2.77. The summed E-state index contributed by atoms with van der Waals surface area (Å²) in [7, 11) is 3.00. The largest absolute Gasteiger partial charge is 0.493 e. The number of hydrogen-bond acceptors (Lipinski definition) is 8. The molecule has 1 aliphatic rings. The van der Waals surface area contributed by atoms with Crippen molar-refractivity contribution in [3.8, 4) is 17.2 Å². The van der Waals surface area contributed by atoms with Gasteiger partial charge >= 0.3 is 0 Å². The quantitative estimate of drug-likeness (QED) is 0.453. The minimum absolute atomic E-state index is 0.262. The van der Waals surface area contributed by atoms with Gasteiger partial charge in [0.05, 0.1) is 13.7 Å². The number of rotatable bonds is 6. The summed E-state index contributed by atoms with van der Waals surface area (Å²) >= 11 is 0. The van der Waals surface area contributed by atoms with Crippen molar-refractivity contribution in [2.24, 2.45) is 0 Å². The maximum Gasteiger partial charge on any atom is 0.251 e. The van der Waals surface area contributed by atoms with Gasteiger partial charge in [0.15, 0.2) is 11.5 Å². The van der Waals surface area contributed by atoms with Gasteiger partial charge in [-0.2, -0.15) is 0 Å². The van der Waals surface area contributed by atoms with E-state index >= 15 is 0 Å². The molecule has 1 amide bonds. The predicted octanol–water partition coefficient (Wildman–Crippen LogP) is 0.362. The lowest BCUT2D eigenvalue weighted by atomic mass is 9.91. The molecule has 3 rings (SSSR count). The fourth-order valence-corrected chi connectivity index (χ4v) is 3.30. The number of nitrogens with one attached hydrogen (secondary N) is 1. The van der Waals surface area contributed by atoms with E-state index in [2.05, 4.69) is 5.32 Å². The van der Waals surface area contributed by atoms with Gasteiger partial charge < -0.3 is 40.0 Å². The zero-order valence-electron chi connectivity index (χ0n) is 16.6. The number of methoxy groups -OCH3 is 1. The average molecular weight is 419 g/mol. The fraction of sp³-hybridized carbons (Fsp3) is 0.381. The van der Waals surface area contributed by atoms with E-state index in [9.17, 15) is 25.2 Å². The second-order valence-corrected chi connectivity index (χ2v) is 6.87. The van der Waals surface area contributed by atoms with Gasteiger partial charge in [-0.05, 0) is 35.9 Å². The maximum atomic E-state index is 11.9. The SMILES string of the molecule is CNC(=O)c1cccc(Oc2cc([C@H]3OC(CO)[C@@H](O)C(O)C3O)ccc2OC)c1. The lowest BCUT2D eigenvalue weighted by Gasteiger charge is -2.40. The molecule has 0 aliphatic carbocycles. The van der Waals surface area contributed by atoms with Gasteiger partial charge in [0.25, 0.3) is 5.91 Å². The Balaban J connectivity index is 1.92. The van der Waals surface area contributed by atoms with Crippen molar-refractivity contribution in [3.63, 3.8) is 0 Å². The van der Waals surface area contributed by atoms with E-state index in [-0.39, 0.29) is 5.91 Å². The summed E-state index contributed by atoms with van der Waals surface area (Å²) in [6, 6.07) is 11.4. The first-order chi connectivity index (χ1) is 14.4. The Bertz CT molecular complexity index is 887. The molecule has 0 bridgehead atoms. The second kappa shape index (κ2) is 9.41. The molecule has 2 aromatic carbocycles. The van der Waals surface area contributed by atoms with Crippen LogP contribution in [0.1, 0.15) is 22.0 Å². The Kier molecular flexibility index (Phi) is 6.91. The van der Waals surface area contributed by atoms with Crippen molar-refractivity contribution in [3.05, 3.63) is 53.6 Å². The van der Waals surface area contributed by atoms with Crippen LogP contribution in [0.15, 0.2) is 42.5 Å². The Labute approximate surface area is 173 Å². The lowest BCUT2D eigenvalue weighted by Crippen LogP contribution is -2.55. The van der Waals surface area contributed by atoms with Crippen LogP contribution >= 0.6 is 0 Å². The molecule has 0 saturated carbocycles. The Morgan fingerprint density at radius 2 is 1.83 bits per heavy atom. The third-order valence-corrected chi connectivity index (χ3v) is 4.96. The second-order valence-electron chi connectivity index (χ2n) is 6.87. The van der Waals surface area contributed by atoms with E-state index in [0.29, 0.717) is 28.4 Å². The Hall–Kier alpha value is -2.69. The van der Waals surface area contributed by atoms with Crippen molar-refractivity contribution in [2.75, 3.05) is 20.8 Å². The molecule has 0 radical (unpaired) electrons. The zero-order valence-corrected chi connectivity index (χ0v) is 16.6. The number of aliphatic hydroxyl groups is 4. The summed E-state index contributed by atoms with van der Waals surface area (Å²) in [5.74, 6) is 0.817. The highest BCUT2D eigenvalue weighted by molar-refractivity contribution is 5.94. The Morgan fingerprint density at radius 3 is 2.50 bits per heavy atom. The lowest BCUT2D eigenvalue weighted by molar-refractivity contribution is -0.231. The Morgan fingerprint density at radius 1 is 1.07 bits per heavy atom. The highest BCUT2D eigenvalue weighted by atomic mass is 16.5. The molecule has 0 spiro atoms. The summed E-state index contributed by atoms with van der Waals surface area (Å²) in [5, 5.41) is 42.3. The minimum Gasteiger partial charge on any atom is -0.493 e. The van der Waals surface area contributed by atoms with E-state index in [0.717, 1.165) is 0 Å². The molecule has 5 atom stereocenters. The number of hydrogen-bond donors (Lipinski definition) is 5. The molecule has 30 heavy (non-hydrogen) atoms. The first kappa shape index (κ1) is 22.0. The molecule has 3 unspecified atom stereocenters. The van der Waals surface area contributed by atoms with Crippen molar-refractivity contribution in [1.82, 2.24) is 5.32 Å². The summed E-state index contributed by atoms with van der Waals surface area (Å²) in [4.78, 5) is 11.9. The normalized spacial score (nSPS) is 26.1. The summed E-state index contributed by atoms with van der Waals surface area (Å²) in [6.07, 6.45) is -6.38. The first-order valence-electron chi connectivity index (χ1n) is 9.38. The number of benzene rings is 2. The molecule has 1 saturated heterocycles. The smallest absolute Gasteiger partial charge is 0.251 e. The van der Waals surface area contributed by atoms with Crippen LogP contribution in [-0.4, -0.2) is 71.5 Å². The minimum atomic E-state index is -1.49. The van der Waals surface area contributed by atoms with Crippen LogP contribution in [0.25, 0.3) is 0 Å². The molecule has 162 valence electrons. The topological polar surface area (TPSA) is 138 Å². The van der Waals surface area contributed by atoms with Gasteiger partial charge in [0.1, 0.15) is 36.3 Å². The number of carbonyl (C=O) groups excluding carboxylic acids is 1. The van der Waals surface area contributed by atoms with Crippen LogP contribution < -0.4 is 14.8 Å². The van der Waals surface area contributed by atoms with Crippen LogP contribution in [-0.2, 0) is 4.74 Å². The van der Waals surface area contributed by atoms with Crippen molar-refractivity contribution < 1.29 is 39.4 Å². The number of carbonyl (C=O) groups is 1. The molecule has 1 heterocycles. The third kappa shape index (κ3) is 4.40.